The molecule has 0 radical (unpaired) electrons. The summed E-state index contributed by atoms with van der Waals surface area (Å²) in [5.74, 6) is 1.74. The number of ether oxygens (including phenoxy) is 2. The van der Waals surface area contributed by atoms with Crippen LogP contribution in [0.5, 0.6) is 11.6 Å². The second-order valence-electron chi connectivity index (χ2n) is 7.39. The van der Waals surface area contributed by atoms with Crippen molar-refractivity contribution < 1.29 is 14.4 Å². The van der Waals surface area contributed by atoms with Crippen molar-refractivity contribution in [1.29, 1.82) is 5.26 Å². The summed E-state index contributed by atoms with van der Waals surface area (Å²) in [6.45, 7) is 4.11. The zero-order chi connectivity index (χ0) is 21.0. The van der Waals surface area contributed by atoms with E-state index in [1.807, 2.05) is 30.3 Å². The standard InChI is InChI=1S/C24H20N4O2S/c25-14-18-8-4-5-9-20(18)30-23-22-19(17-6-2-1-3-7-17)16-31-24(22)27-21(26-23)15-28-10-12-29-13-11-28/h1-9,16H,10-13,15H2/p+1. The molecule has 154 valence electrons. The number of hydrogen-bond donors (Lipinski definition) is 1. The number of thiophene rings is 1. The Balaban J connectivity index is 1.61. The highest BCUT2D eigenvalue weighted by atomic mass is 32.1. The monoisotopic (exact) mass is 429 g/mol. The minimum absolute atomic E-state index is 0.478. The van der Waals surface area contributed by atoms with Crippen molar-refractivity contribution in [2.24, 2.45) is 0 Å². The molecule has 31 heavy (non-hydrogen) atoms. The molecule has 5 rings (SSSR count). The molecule has 4 aromatic rings. The highest BCUT2D eigenvalue weighted by Gasteiger charge is 2.21. The molecule has 7 heteroatoms. The van der Waals surface area contributed by atoms with Gasteiger partial charge in [0.1, 0.15) is 36.3 Å². The number of morpholine rings is 1. The van der Waals surface area contributed by atoms with Crippen LogP contribution in [-0.2, 0) is 11.3 Å². The summed E-state index contributed by atoms with van der Waals surface area (Å²) in [6, 6.07) is 19.6. The number of nitrogens with zero attached hydrogens (tertiary/aromatic N) is 3. The summed E-state index contributed by atoms with van der Waals surface area (Å²) >= 11 is 1.59. The SMILES string of the molecule is N#Cc1ccccc1Oc1nc(C[NH+]2CCOCC2)nc2scc(-c3ccccc3)c12. The van der Waals surface area contributed by atoms with Gasteiger partial charge in [0.2, 0.25) is 5.88 Å². The number of rotatable bonds is 5. The lowest BCUT2D eigenvalue weighted by Crippen LogP contribution is -3.12. The van der Waals surface area contributed by atoms with Crippen LogP contribution in [0.2, 0.25) is 0 Å². The van der Waals surface area contributed by atoms with E-state index in [-0.39, 0.29) is 0 Å². The fourth-order valence-electron chi connectivity index (χ4n) is 3.75. The van der Waals surface area contributed by atoms with Crippen molar-refractivity contribution in [3.63, 3.8) is 0 Å². The van der Waals surface area contributed by atoms with Crippen molar-refractivity contribution in [3.8, 4) is 28.8 Å². The van der Waals surface area contributed by atoms with E-state index >= 15 is 0 Å². The summed E-state index contributed by atoms with van der Waals surface area (Å²) in [4.78, 5) is 12.0. The molecule has 1 aliphatic heterocycles. The minimum atomic E-state index is 0.478. The number of nitrogens with one attached hydrogen (secondary N) is 1. The van der Waals surface area contributed by atoms with Crippen LogP contribution in [0, 0.1) is 11.3 Å². The number of aromatic nitrogens is 2. The van der Waals surface area contributed by atoms with Crippen LogP contribution >= 0.6 is 11.3 Å². The van der Waals surface area contributed by atoms with Crippen molar-refractivity contribution in [2.45, 2.75) is 6.54 Å². The molecular formula is C24H21N4O2S+. The molecule has 0 atom stereocenters. The largest absolute Gasteiger partial charge is 0.437 e. The molecule has 0 saturated carbocycles. The Morgan fingerprint density at radius 1 is 1.03 bits per heavy atom. The highest BCUT2D eigenvalue weighted by Crippen LogP contribution is 2.39. The van der Waals surface area contributed by atoms with Gasteiger partial charge in [-0.15, -0.1) is 11.3 Å². The van der Waals surface area contributed by atoms with Crippen LogP contribution < -0.4 is 9.64 Å². The molecule has 0 unspecified atom stereocenters. The molecule has 1 aliphatic rings. The molecule has 0 bridgehead atoms. The molecule has 0 amide bonds. The van der Waals surface area contributed by atoms with Crippen LogP contribution in [0.25, 0.3) is 21.3 Å². The number of benzene rings is 2. The summed E-state index contributed by atoms with van der Waals surface area (Å²) in [5, 5.41) is 12.5. The van der Waals surface area contributed by atoms with Gasteiger partial charge in [-0.1, -0.05) is 42.5 Å². The molecule has 0 spiro atoms. The van der Waals surface area contributed by atoms with Crippen molar-refractivity contribution in [3.05, 3.63) is 71.4 Å². The Bertz CT molecular complexity index is 1240. The Kier molecular flexibility index (Phi) is 5.59. The average Bonchev–Trinajstić information content (AvgIpc) is 3.25. The average molecular weight is 430 g/mol. The zero-order valence-corrected chi connectivity index (χ0v) is 17.7. The molecule has 0 aliphatic carbocycles. The van der Waals surface area contributed by atoms with E-state index in [1.54, 1.807) is 23.5 Å². The van der Waals surface area contributed by atoms with Gasteiger partial charge < -0.3 is 14.4 Å². The Labute approximate surface area is 184 Å². The number of hydrogen-bond acceptors (Lipinski definition) is 6. The summed E-state index contributed by atoms with van der Waals surface area (Å²) in [7, 11) is 0. The zero-order valence-electron chi connectivity index (χ0n) is 16.9. The number of fused-ring (bicyclic) bond motifs is 1. The molecule has 2 aromatic carbocycles. The first-order chi connectivity index (χ1) is 15.3. The maximum atomic E-state index is 9.50. The molecule has 1 N–H and O–H groups in total. The van der Waals surface area contributed by atoms with Gasteiger partial charge >= 0.3 is 0 Å². The Hall–Kier alpha value is -3.31. The van der Waals surface area contributed by atoms with E-state index in [2.05, 4.69) is 23.6 Å². The number of nitriles is 1. The second kappa shape index (κ2) is 8.82. The molecule has 6 nitrogen and oxygen atoms in total. The van der Waals surface area contributed by atoms with Gasteiger partial charge in [0.05, 0.1) is 24.2 Å². The van der Waals surface area contributed by atoms with E-state index in [0.29, 0.717) is 23.7 Å². The van der Waals surface area contributed by atoms with Crippen LogP contribution in [0.3, 0.4) is 0 Å². The van der Waals surface area contributed by atoms with E-state index in [9.17, 15) is 5.26 Å². The summed E-state index contributed by atoms with van der Waals surface area (Å²) in [6.07, 6.45) is 0. The van der Waals surface area contributed by atoms with Gasteiger partial charge in [-0.05, 0) is 17.7 Å². The van der Waals surface area contributed by atoms with Crippen LogP contribution in [-0.4, -0.2) is 36.3 Å². The first-order valence-electron chi connectivity index (χ1n) is 10.2. The molecule has 1 fully saturated rings. The summed E-state index contributed by atoms with van der Waals surface area (Å²) < 4.78 is 11.7. The van der Waals surface area contributed by atoms with E-state index in [0.717, 1.165) is 53.5 Å². The first kappa shape index (κ1) is 19.6. The lowest BCUT2D eigenvalue weighted by molar-refractivity contribution is -0.922. The number of quaternary nitrogens is 1. The van der Waals surface area contributed by atoms with E-state index in [4.69, 9.17) is 19.4 Å². The topological polar surface area (TPSA) is 72.5 Å². The van der Waals surface area contributed by atoms with E-state index < -0.39 is 0 Å². The van der Waals surface area contributed by atoms with Crippen molar-refractivity contribution >= 4 is 21.6 Å². The molecule has 3 heterocycles. The van der Waals surface area contributed by atoms with E-state index in [1.165, 1.54) is 4.90 Å². The van der Waals surface area contributed by atoms with Crippen molar-refractivity contribution in [1.82, 2.24) is 9.97 Å². The quantitative estimate of drug-likeness (QED) is 0.526. The summed E-state index contributed by atoms with van der Waals surface area (Å²) in [5.41, 5.74) is 2.60. The van der Waals surface area contributed by atoms with Gasteiger partial charge in [0.25, 0.3) is 0 Å². The van der Waals surface area contributed by atoms with Gasteiger partial charge in [-0.3, -0.25) is 0 Å². The third kappa shape index (κ3) is 4.14. The highest BCUT2D eigenvalue weighted by molar-refractivity contribution is 7.17. The third-order valence-corrected chi connectivity index (χ3v) is 6.23. The maximum absolute atomic E-state index is 9.50. The number of para-hydroxylation sites is 1. The van der Waals surface area contributed by atoms with Gasteiger partial charge in [0, 0.05) is 10.9 Å². The first-order valence-corrected chi connectivity index (χ1v) is 11.1. The molecule has 2 aromatic heterocycles. The van der Waals surface area contributed by atoms with Gasteiger partial charge in [0.15, 0.2) is 5.82 Å². The van der Waals surface area contributed by atoms with Gasteiger partial charge in [-0.2, -0.15) is 10.2 Å². The van der Waals surface area contributed by atoms with Crippen LogP contribution in [0.4, 0.5) is 0 Å². The fourth-order valence-corrected chi connectivity index (χ4v) is 4.70. The Morgan fingerprint density at radius 3 is 2.61 bits per heavy atom. The van der Waals surface area contributed by atoms with Crippen LogP contribution in [0.1, 0.15) is 11.4 Å². The normalized spacial score (nSPS) is 14.4. The van der Waals surface area contributed by atoms with Crippen LogP contribution in [0.15, 0.2) is 60.0 Å². The Morgan fingerprint density at radius 2 is 1.81 bits per heavy atom. The maximum Gasteiger partial charge on any atom is 0.232 e. The predicted molar refractivity (Wildman–Crippen MR) is 119 cm³/mol. The lowest BCUT2D eigenvalue weighted by atomic mass is 10.1. The fraction of sp³-hybridized carbons (Fsp3) is 0.208. The third-order valence-electron chi connectivity index (χ3n) is 5.35. The molecule has 1 saturated heterocycles. The minimum Gasteiger partial charge on any atom is -0.437 e. The van der Waals surface area contributed by atoms with Gasteiger partial charge in [-0.25, -0.2) is 4.98 Å². The molecular weight excluding hydrogens is 408 g/mol. The van der Waals surface area contributed by atoms with Crippen molar-refractivity contribution in [2.75, 3.05) is 26.3 Å². The predicted octanol–water partition coefficient (Wildman–Crippen LogP) is 3.44. The smallest absolute Gasteiger partial charge is 0.232 e. The second-order valence-corrected chi connectivity index (χ2v) is 8.25. The lowest BCUT2D eigenvalue weighted by Gasteiger charge is -2.23.